The number of carbonyl (C=O) groups is 1. The number of nitrogens with zero attached hydrogens (tertiary/aromatic N) is 2. The van der Waals surface area contributed by atoms with Crippen molar-refractivity contribution in [3.05, 3.63) is 63.4 Å². The van der Waals surface area contributed by atoms with Crippen molar-refractivity contribution in [3.63, 3.8) is 0 Å². The van der Waals surface area contributed by atoms with E-state index in [0.717, 1.165) is 43.4 Å². The van der Waals surface area contributed by atoms with Crippen LogP contribution in [0.5, 0.6) is 5.75 Å². The zero-order chi connectivity index (χ0) is 28.6. The Morgan fingerprint density at radius 1 is 1.05 bits per heavy atom. The number of likely N-dealkylation sites (tertiary alicyclic amines) is 2. The minimum Gasteiger partial charge on any atom is -0.493 e. The van der Waals surface area contributed by atoms with Crippen LogP contribution in [-0.2, 0) is 17.5 Å². The van der Waals surface area contributed by atoms with E-state index in [2.05, 4.69) is 4.90 Å². The zero-order valence-corrected chi connectivity index (χ0v) is 22.7. The highest BCUT2D eigenvalue weighted by atomic mass is 35.5. The van der Waals surface area contributed by atoms with Crippen LogP contribution in [-0.4, -0.2) is 58.3 Å². The van der Waals surface area contributed by atoms with Crippen molar-refractivity contribution in [3.8, 4) is 5.75 Å². The van der Waals surface area contributed by atoms with Gasteiger partial charge in [0.25, 0.3) is 0 Å². The number of carboxylic acid groups (broad SMARTS) is 1. The molecule has 40 heavy (non-hydrogen) atoms. The van der Waals surface area contributed by atoms with Crippen LogP contribution in [0.4, 0.5) is 17.6 Å². The lowest BCUT2D eigenvalue weighted by molar-refractivity contribution is -0.146. The third-order valence-corrected chi connectivity index (χ3v) is 8.41. The van der Waals surface area contributed by atoms with Crippen LogP contribution in [0.25, 0.3) is 0 Å². The van der Waals surface area contributed by atoms with E-state index in [-0.39, 0.29) is 22.4 Å². The van der Waals surface area contributed by atoms with Crippen molar-refractivity contribution in [2.24, 2.45) is 5.92 Å². The molecule has 2 saturated heterocycles. The Morgan fingerprint density at radius 3 is 2.42 bits per heavy atom. The molecule has 5 rings (SSSR count). The molecular weight excluding hydrogens is 552 g/mol. The number of aliphatic hydroxyl groups is 1. The van der Waals surface area contributed by atoms with Crippen molar-refractivity contribution in [2.75, 3.05) is 26.2 Å². The van der Waals surface area contributed by atoms with Gasteiger partial charge in [-0.25, -0.2) is 4.39 Å². The first-order chi connectivity index (χ1) is 19.0. The molecule has 0 amide bonds. The second-order valence-corrected chi connectivity index (χ2v) is 11.6. The zero-order valence-electron chi connectivity index (χ0n) is 22.0. The monoisotopic (exact) mass is 584 g/mol. The predicted molar refractivity (Wildman–Crippen MR) is 141 cm³/mol. The first-order valence-electron chi connectivity index (χ1n) is 13.7. The van der Waals surface area contributed by atoms with Gasteiger partial charge in [-0.2, -0.15) is 13.2 Å². The number of alkyl halides is 3. The van der Waals surface area contributed by atoms with E-state index in [1.165, 1.54) is 11.0 Å². The number of carboxylic acids is 1. The van der Waals surface area contributed by atoms with E-state index < -0.39 is 35.8 Å². The van der Waals surface area contributed by atoms with Crippen molar-refractivity contribution >= 4 is 17.6 Å². The van der Waals surface area contributed by atoms with Crippen LogP contribution < -0.4 is 4.74 Å². The van der Waals surface area contributed by atoms with Gasteiger partial charge in [-0.05, 0) is 98.8 Å². The average Bonchev–Trinajstić information content (AvgIpc) is 3.61. The standard InChI is InChI=1S/C29H33ClF4N2O4/c30-21-11-18(10-20(12-21)29(32,33)34)15-35-8-5-17(6-9-35)16-40-26-14-24(31)23(13-22(26)19-3-4-19)27(37)36-7-1-2-25(36)28(38)39/h10-14,17,19,25,27,37H,1-9,15-16H2,(H,38,39)/t25-,27?/m0/s1. The van der Waals surface area contributed by atoms with Gasteiger partial charge in [0.2, 0.25) is 0 Å². The normalized spacial score (nSPS) is 22.0. The number of piperidine rings is 1. The highest BCUT2D eigenvalue weighted by Crippen LogP contribution is 2.46. The summed E-state index contributed by atoms with van der Waals surface area (Å²) in [7, 11) is 0. The lowest BCUT2D eigenvalue weighted by Crippen LogP contribution is -2.39. The SMILES string of the molecule is O=C(O)[C@@H]1CCCN1C(O)c1cc(C2CC2)c(OCC2CCN(Cc3cc(Cl)cc(C(F)(F)F)c3)CC2)cc1F. The average molecular weight is 585 g/mol. The molecular formula is C29H33ClF4N2O4. The molecule has 2 N–H and O–H groups in total. The smallest absolute Gasteiger partial charge is 0.416 e. The highest BCUT2D eigenvalue weighted by Gasteiger charge is 2.38. The molecule has 218 valence electrons. The van der Waals surface area contributed by atoms with Gasteiger partial charge in [0.05, 0.1) is 12.2 Å². The first-order valence-corrected chi connectivity index (χ1v) is 14.1. The summed E-state index contributed by atoms with van der Waals surface area (Å²) in [6, 6.07) is 5.73. The fourth-order valence-electron chi connectivity index (χ4n) is 5.83. The Morgan fingerprint density at radius 2 is 1.77 bits per heavy atom. The van der Waals surface area contributed by atoms with Crippen LogP contribution >= 0.6 is 11.6 Å². The summed E-state index contributed by atoms with van der Waals surface area (Å²) in [5.74, 6) is -0.770. The predicted octanol–water partition coefficient (Wildman–Crippen LogP) is 6.21. The maximum Gasteiger partial charge on any atom is 0.416 e. The van der Waals surface area contributed by atoms with Gasteiger partial charge in [-0.3, -0.25) is 14.6 Å². The lowest BCUT2D eigenvalue weighted by atomic mass is 9.97. The Balaban J connectivity index is 1.19. The Bertz CT molecular complexity index is 1230. The summed E-state index contributed by atoms with van der Waals surface area (Å²) in [5.41, 5.74) is 0.674. The number of benzene rings is 2. The topological polar surface area (TPSA) is 73.2 Å². The van der Waals surface area contributed by atoms with E-state index in [1.54, 1.807) is 12.1 Å². The third kappa shape index (κ3) is 6.73. The molecule has 2 aromatic carbocycles. The number of halogens is 5. The number of hydrogen-bond acceptors (Lipinski definition) is 5. The Hall–Kier alpha value is -2.40. The van der Waals surface area contributed by atoms with Crippen molar-refractivity contribution in [2.45, 2.75) is 69.4 Å². The minimum atomic E-state index is -4.45. The minimum absolute atomic E-state index is 0.0625. The van der Waals surface area contributed by atoms with Crippen molar-refractivity contribution in [1.29, 1.82) is 0 Å². The Labute approximate surface area is 235 Å². The highest BCUT2D eigenvalue weighted by molar-refractivity contribution is 6.30. The van der Waals surface area contributed by atoms with Gasteiger partial charge in [-0.15, -0.1) is 0 Å². The van der Waals surface area contributed by atoms with Gasteiger partial charge in [0.1, 0.15) is 23.8 Å². The summed E-state index contributed by atoms with van der Waals surface area (Å²) in [5, 5.41) is 20.4. The molecule has 6 nitrogen and oxygen atoms in total. The summed E-state index contributed by atoms with van der Waals surface area (Å²) >= 11 is 5.92. The molecule has 2 heterocycles. The number of aliphatic carboxylic acids is 1. The van der Waals surface area contributed by atoms with Crippen molar-refractivity contribution < 1.29 is 37.3 Å². The number of aliphatic hydroxyl groups excluding tert-OH is 1. The number of rotatable bonds is 9. The number of ether oxygens (including phenoxy) is 1. The maximum atomic E-state index is 15.2. The molecule has 11 heteroatoms. The van der Waals surface area contributed by atoms with Gasteiger partial charge in [0, 0.05) is 29.7 Å². The molecule has 1 saturated carbocycles. The third-order valence-electron chi connectivity index (χ3n) is 8.19. The second-order valence-electron chi connectivity index (χ2n) is 11.2. The maximum absolute atomic E-state index is 15.2. The molecule has 2 atom stereocenters. The van der Waals surface area contributed by atoms with Crippen LogP contribution in [0, 0.1) is 11.7 Å². The molecule has 3 fully saturated rings. The van der Waals surface area contributed by atoms with E-state index in [1.807, 2.05) is 0 Å². The van der Waals surface area contributed by atoms with Gasteiger partial charge in [0.15, 0.2) is 0 Å². The van der Waals surface area contributed by atoms with E-state index in [9.17, 15) is 28.2 Å². The lowest BCUT2D eigenvalue weighted by Gasteiger charge is -2.32. The van der Waals surface area contributed by atoms with Gasteiger partial charge in [-0.1, -0.05) is 11.6 Å². The van der Waals surface area contributed by atoms with Crippen LogP contribution in [0.1, 0.15) is 72.9 Å². The molecule has 0 spiro atoms. The molecule has 2 aromatic rings. The molecule has 3 aliphatic rings. The fourth-order valence-corrected chi connectivity index (χ4v) is 6.09. The largest absolute Gasteiger partial charge is 0.493 e. The quantitative estimate of drug-likeness (QED) is 0.342. The first kappa shape index (κ1) is 29.1. The summed E-state index contributed by atoms with van der Waals surface area (Å²) in [4.78, 5) is 15.1. The molecule has 2 aliphatic heterocycles. The van der Waals surface area contributed by atoms with Gasteiger partial charge < -0.3 is 14.9 Å². The van der Waals surface area contributed by atoms with Crippen LogP contribution in [0.15, 0.2) is 30.3 Å². The summed E-state index contributed by atoms with van der Waals surface area (Å²) in [6.45, 7) is 2.53. The van der Waals surface area contributed by atoms with Crippen LogP contribution in [0.3, 0.4) is 0 Å². The van der Waals surface area contributed by atoms with E-state index in [4.69, 9.17) is 16.3 Å². The molecule has 0 bridgehead atoms. The Kier molecular flexibility index (Phi) is 8.61. The molecule has 1 aliphatic carbocycles. The molecule has 0 radical (unpaired) electrons. The summed E-state index contributed by atoms with van der Waals surface area (Å²) < 4.78 is 60.7. The molecule has 1 unspecified atom stereocenters. The number of hydrogen-bond donors (Lipinski definition) is 2. The van der Waals surface area contributed by atoms with Crippen LogP contribution in [0.2, 0.25) is 5.02 Å². The molecule has 0 aromatic heterocycles. The van der Waals surface area contributed by atoms with Gasteiger partial charge >= 0.3 is 12.1 Å². The van der Waals surface area contributed by atoms with E-state index >= 15 is 4.39 Å². The van der Waals surface area contributed by atoms with E-state index in [0.29, 0.717) is 56.9 Å². The second kappa shape index (κ2) is 11.8. The summed E-state index contributed by atoms with van der Waals surface area (Å²) in [6.07, 6.45) is -1.30. The van der Waals surface area contributed by atoms with Crippen molar-refractivity contribution in [1.82, 2.24) is 9.80 Å². The fraction of sp³-hybridized carbons (Fsp3) is 0.552.